The van der Waals surface area contributed by atoms with E-state index in [2.05, 4.69) is 20.0 Å². The van der Waals surface area contributed by atoms with Crippen molar-refractivity contribution in [2.75, 3.05) is 32.2 Å². The molecule has 1 aromatic heterocycles. The molecule has 0 saturated heterocycles. The molecule has 0 amide bonds. The zero-order chi connectivity index (χ0) is 25.6. The number of rotatable bonds is 11. The zero-order valence-corrected chi connectivity index (χ0v) is 20.1. The number of hydrogen-bond donors (Lipinski definition) is 2. The van der Waals surface area contributed by atoms with Crippen molar-refractivity contribution < 1.29 is 35.8 Å². The topological polar surface area (TPSA) is 112 Å². The Kier molecular flexibility index (Phi) is 8.22. The SMILES string of the molecule is CCCOc1cc2ncnc(Nc3cc(S(=O)(=O)NC)ccc3OCC(F)(F)F)c2cc1OCC. The number of nitrogens with one attached hydrogen (secondary N) is 2. The van der Waals surface area contributed by atoms with Gasteiger partial charge in [0.05, 0.1) is 29.3 Å². The van der Waals surface area contributed by atoms with Gasteiger partial charge in [-0.1, -0.05) is 6.92 Å². The Morgan fingerprint density at radius 1 is 0.971 bits per heavy atom. The standard InChI is InChI=1S/C22H25F3N4O5S/c1-4-8-33-20-11-16-15(10-19(20)32-5-2)21(28-13-27-16)29-17-9-14(35(30,31)26-3)6-7-18(17)34-12-22(23,24)25/h6-7,9-11,13,26H,4-5,8,12H2,1-3H3,(H,27,28,29). The highest BCUT2D eigenvalue weighted by atomic mass is 32.2. The van der Waals surface area contributed by atoms with E-state index in [-0.39, 0.29) is 22.2 Å². The predicted molar refractivity (Wildman–Crippen MR) is 124 cm³/mol. The maximum Gasteiger partial charge on any atom is 0.422 e. The van der Waals surface area contributed by atoms with Gasteiger partial charge in [0.2, 0.25) is 10.0 Å². The lowest BCUT2D eigenvalue weighted by Gasteiger charge is -2.17. The Morgan fingerprint density at radius 3 is 2.37 bits per heavy atom. The minimum Gasteiger partial charge on any atom is -0.490 e. The van der Waals surface area contributed by atoms with Crippen LogP contribution in [0, 0.1) is 0 Å². The second kappa shape index (κ2) is 11.0. The largest absolute Gasteiger partial charge is 0.490 e. The lowest BCUT2D eigenvalue weighted by Crippen LogP contribution is -2.20. The summed E-state index contributed by atoms with van der Waals surface area (Å²) in [5.41, 5.74) is 0.448. The molecule has 0 radical (unpaired) electrons. The van der Waals surface area contributed by atoms with Gasteiger partial charge in [-0.05, 0) is 44.7 Å². The number of benzene rings is 2. The molecule has 0 saturated carbocycles. The molecule has 0 fully saturated rings. The van der Waals surface area contributed by atoms with E-state index < -0.39 is 22.8 Å². The summed E-state index contributed by atoms with van der Waals surface area (Å²) in [6.45, 7) is 3.05. The van der Waals surface area contributed by atoms with E-state index >= 15 is 0 Å². The fraction of sp³-hybridized carbons (Fsp3) is 0.364. The third-order valence-corrected chi connectivity index (χ3v) is 6.05. The fourth-order valence-corrected chi connectivity index (χ4v) is 3.82. The molecule has 0 aliphatic rings. The summed E-state index contributed by atoms with van der Waals surface area (Å²) in [6.07, 6.45) is -2.54. The molecule has 3 aromatic rings. The highest BCUT2D eigenvalue weighted by Gasteiger charge is 2.29. The number of aromatic nitrogens is 2. The van der Waals surface area contributed by atoms with Crippen LogP contribution in [0.5, 0.6) is 17.2 Å². The second-order valence-corrected chi connectivity index (χ2v) is 9.10. The average Bonchev–Trinajstić information content (AvgIpc) is 2.81. The maximum absolute atomic E-state index is 12.8. The summed E-state index contributed by atoms with van der Waals surface area (Å²) in [5, 5.41) is 3.36. The third-order valence-electron chi connectivity index (χ3n) is 4.64. The van der Waals surface area contributed by atoms with E-state index in [0.29, 0.717) is 35.6 Å². The lowest BCUT2D eigenvalue weighted by atomic mass is 10.2. The van der Waals surface area contributed by atoms with Gasteiger partial charge in [0.15, 0.2) is 18.1 Å². The molecule has 0 aliphatic carbocycles. The first kappa shape index (κ1) is 26.3. The number of anilines is 2. The average molecular weight is 515 g/mol. The van der Waals surface area contributed by atoms with Crippen LogP contribution >= 0.6 is 0 Å². The number of ether oxygens (including phenoxy) is 3. The summed E-state index contributed by atoms with van der Waals surface area (Å²) in [7, 11) is -2.66. The Balaban J connectivity index is 2.09. The van der Waals surface area contributed by atoms with Crippen LogP contribution in [-0.4, -0.2) is 51.4 Å². The molecule has 0 atom stereocenters. The first-order valence-electron chi connectivity index (χ1n) is 10.7. The van der Waals surface area contributed by atoms with Crippen LogP contribution in [0.1, 0.15) is 20.3 Å². The predicted octanol–water partition coefficient (Wildman–Crippen LogP) is 4.41. The monoisotopic (exact) mass is 514 g/mol. The first-order valence-corrected chi connectivity index (χ1v) is 12.1. The number of nitrogens with zero attached hydrogens (tertiary/aromatic N) is 2. The highest BCUT2D eigenvalue weighted by Crippen LogP contribution is 2.37. The van der Waals surface area contributed by atoms with Crippen molar-refractivity contribution >= 4 is 32.4 Å². The molecule has 3 rings (SSSR count). The van der Waals surface area contributed by atoms with Crippen LogP contribution in [0.4, 0.5) is 24.7 Å². The Labute approximate surface area is 200 Å². The first-order chi connectivity index (χ1) is 16.6. The molecule has 190 valence electrons. The molecule has 13 heteroatoms. The van der Waals surface area contributed by atoms with E-state index in [4.69, 9.17) is 14.2 Å². The molecule has 0 bridgehead atoms. The Bertz CT molecular complexity index is 1290. The van der Waals surface area contributed by atoms with Gasteiger partial charge in [-0.25, -0.2) is 23.1 Å². The maximum atomic E-state index is 12.8. The number of halogens is 3. The molecular formula is C22H25F3N4O5S. The molecule has 2 N–H and O–H groups in total. The van der Waals surface area contributed by atoms with Crippen LogP contribution in [0.3, 0.4) is 0 Å². The van der Waals surface area contributed by atoms with E-state index in [9.17, 15) is 21.6 Å². The minimum absolute atomic E-state index is 0.0326. The van der Waals surface area contributed by atoms with Gasteiger partial charge in [0, 0.05) is 11.5 Å². The summed E-state index contributed by atoms with van der Waals surface area (Å²) in [6, 6.07) is 6.77. The van der Waals surface area contributed by atoms with E-state index in [1.807, 2.05) is 13.8 Å². The minimum atomic E-state index is -4.59. The van der Waals surface area contributed by atoms with Crippen molar-refractivity contribution in [3.05, 3.63) is 36.7 Å². The zero-order valence-electron chi connectivity index (χ0n) is 19.3. The van der Waals surface area contributed by atoms with Crippen LogP contribution in [0.25, 0.3) is 10.9 Å². The summed E-state index contributed by atoms with van der Waals surface area (Å²) < 4.78 is 81.4. The fourth-order valence-electron chi connectivity index (χ4n) is 3.06. The van der Waals surface area contributed by atoms with Crippen molar-refractivity contribution in [2.24, 2.45) is 0 Å². The van der Waals surface area contributed by atoms with Crippen molar-refractivity contribution in [3.63, 3.8) is 0 Å². The van der Waals surface area contributed by atoms with E-state index in [0.717, 1.165) is 24.6 Å². The van der Waals surface area contributed by atoms with Crippen LogP contribution in [0.15, 0.2) is 41.6 Å². The molecule has 0 unspecified atom stereocenters. The van der Waals surface area contributed by atoms with Crippen LogP contribution in [-0.2, 0) is 10.0 Å². The number of alkyl halides is 3. The van der Waals surface area contributed by atoms with Gasteiger partial charge < -0.3 is 19.5 Å². The van der Waals surface area contributed by atoms with Gasteiger partial charge in [0.25, 0.3) is 0 Å². The smallest absolute Gasteiger partial charge is 0.422 e. The van der Waals surface area contributed by atoms with E-state index in [1.165, 1.54) is 13.4 Å². The van der Waals surface area contributed by atoms with Crippen LogP contribution in [0.2, 0.25) is 0 Å². The molecule has 9 nitrogen and oxygen atoms in total. The summed E-state index contributed by atoms with van der Waals surface area (Å²) >= 11 is 0. The van der Waals surface area contributed by atoms with Crippen molar-refractivity contribution in [1.82, 2.24) is 14.7 Å². The third kappa shape index (κ3) is 6.63. The number of sulfonamides is 1. The highest BCUT2D eigenvalue weighted by molar-refractivity contribution is 7.89. The van der Waals surface area contributed by atoms with Gasteiger partial charge in [-0.3, -0.25) is 0 Å². The van der Waals surface area contributed by atoms with Crippen molar-refractivity contribution in [2.45, 2.75) is 31.3 Å². The molecule has 35 heavy (non-hydrogen) atoms. The second-order valence-electron chi connectivity index (χ2n) is 7.21. The van der Waals surface area contributed by atoms with Crippen LogP contribution < -0.4 is 24.2 Å². The van der Waals surface area contributed by atoms with Crippen molar-refractivity contribution in [1.29, 1.82) is 0 Å². The molecular weight excluding hydrogens is 489 g/mol. The summed E-state index contributed by atoms with van der Waals surface area (Å²) in [4.78, 5) is 8.26. The van der Waals surface area contributed by atoms with Gasteiger partial charge in [-0.2, -0.15) is 13.2 Å². The molecule has 0 spiro atoms. The quantitative estimate of drug-likeness (QED) is 0.387. The number of fused-ring (bicyclic) bond motifs is 1. The van der Waals surface area contributed by atoms with Gasteiger partial charge in [-0.15, -0.1) is 0 Å². The Hall–Kier alpha value is -3.32. The Morgan fingerprint density at radius 2 is 1.71 bits per heavy atom. The molecule has 2 aromatic carbocycles. The normalized spacial score (nSPS) is 11.9. The van der Waals surface area contributed by atoms with Gasteiger partial charge in [0.1, 0.15) is 17.9 Å². The van der Waals surface area contributed by atoms with Crippen molar-refractivity contribution in [3.8, 4) is 17.2 Å². The van der Waals surface area contributed by atoms with Gasteiger partial charge >= 0.3 is 6.18 Å². The van der Waals surface area contributed by atoms with E-state index in [1.54, 1.807) is 12.1 Å². The number of hydrogen-bond acceptors (Lipinski definition) is 8. The lowest BCUT2D eigenvalue weighted by molar-refractivity contribution is -0.153. The molecule has 0 aliphatic heterocycles. The summed E-state index contributed by atoms with van der Waals surface area (Å²) in [5.74, 6) is 0.916. The molecule has 1 heterocycles.